The van der Waals surface area contributed by atoms with Crippen LogP contribution in [0.4, 0.5) is 0 Å². The average molecular weight is 394 g/mol. The molecule has 3 rings (SSSR count). The lowest BCUT2D eigenvalue weighted by molar-refractivity contribution is -0.153. The predicted octanol–water partition coefficient (Wildman–Crippen LogP) is 4.63. The van der Waals surface area contributed by atoms with E-state index in [1.807, 2.05) is 32.9 Å². The molecule has 1 heterocycles. The summed E-state index contributed by atoms with van der Waals surface area (Å²) in [7, 11) is 0. The highest BCUT2D eigenvalue weighted by atomic mass is 35.5. The van der Waals surface area contributed by atoms with Crippen LogP contribution >= 0.6 is 11.6 Å². The molecule has 1 aliphatic carbocycles. The minimum atomic E-state index is -0.485. The lowest BCUT2D eigenvalue weighted by Gasteiger charge is -2.22. The molecular formula is C22H32ClNO3. The van der Waals surface area contributed by atoms with Crippen molar-refractivity contribution in [1.29, 1.82) is 0 Å². The van der Waals surface area contributed by atoms with Crippen LogP contribution in [0.15, 0.2) is 18.2 Å². The minimum Gasteiger partial charge on any atom is -0.494 e. The van der Waals surface area contributed by atoms with Gasteiger partial charge in [0.05, 0.1) is 13.0 Å². The van der Waals surface area contributed by atoms with Crippen molar-refractivity contribution < 1.29 is 14.3 Å². The average Bonchev–Trinajstić information content (AvgIpc) is 3.36. The number of piperidine rings is 1. The first-order chi connectivity index (χ1) is 12.8. The van der Waals surface area contributed by atoms with Crippen LogP contribution in [0.1, 0.15) is 52.0 Å². The third-order valence-corrected chi connectivity index (χ3v) is 5.86. The fraction of sp³-hybridized carbons (Fsp3) is 0.682. The Morgan fingerprint density at radius 3 is 2.67 bits per heavy atom. The van der Waals surface area contributed by atoms with Crippen LogP contribution in [0.2, 0.25) is 5.02 Å². The normalized spacial score (nSPS) is 23.1. The molecule has 1 aromatic carbocycles. The van der Waals surface area contributed by atoms with Crippen molar-refractivity contribution in [3.8, 4) is 5.75 Å². The second kappa shape index (κ2) is 8.83. The Morgan fingerprint density at radius 2 is 2.00 bits per heavy atom. The highest BCUT2D eigenvalue weighted by Gasteiger charge is 2.42. The molecule has 5 heteroatoms. The maximum Gasteiger partial charge on any atom is 0.310 e. The first kappa shape index (κ1) is 20.5. The summed E-state index contributed by atoms with van der Waals surface area (Å²) >= 11 is 6.33. The summed E-state index contributed by atoms with van der Waals surface area (Å²) in [5.41, 5.74) is 0.285. The summed E-state index contributed by atoms with van der Waals surface area (Å²) in [5.74, 6) is 3.16. The molecule has 4 nitrogen and oxygen atoms in total. The van der Waals surface area contributed by atoms with Gasteiger partial charge in [0.15, 0.2) is 0 Å². The number of hydrogen-bond acceptors (Lipinski definition) is 4. The highest BCUT2D eigenvalue weighted by Crippen LogP contribution is 2.49. The fourth-order valence-electron chi connectivity index (χ4n) is 4.08. The van der Waals surface area contributed by atoms with Gasteiger partial charge in [-0.1, -0.05) is 17.7 Å². The number of carbonyl (C=O) groups is 1. The smallest absolute Gasteiger partial charge is 0.310 e. The van der Waals surface area contributed by atoms with E-state index < -0.39 is 5.60 Å². The van der Waals surface area contributed by atoms with Gasteiger partial charge in [0.25, 0.3) is 0 Å². The number of esters is 1. The third-order valence-electron chi connectivity index (χ3n) is 5.50. The minimum absolute atomic E-state index is 0.177. The third kappa shape index (κ3) is 6.39. The van der Waals surface area contributed by atoms with Crippen LogP contribution in [0, 0.1) is 17.8 Å². The van der Waals surface area contributed by atoms with Crippen molar-refractivity contribution in [2.24, 2.45) is 17.8 Å². The number of benzene rings is 1. The van der Waals surface area contributed by atoms with Crippen molar-refractivity contribution in [2.75, 3.05) is 19.7 Å². The molecule has 2 fully saturated rings. The molecule has 1 N–H and O–H groups in total. The highest BCUT2D eigenvalue weighted by molar-refractivity contribution is 6.31. The molecule has 0 unspecified atom stereocenters. The van der Waals surface area contributed by atoms with Crippen molar-refractivity contribution >= 4 is 17.6 Å². The molecule has 1 saturated carbocycles. The molecule has 150 valence electrons. The Morgan fingerprint density at radius 1 is 1.26 bits per heavy atom. The summed E-state index contributed by atoms with van der Waals surface area (Å²) in [6, 6.07) is 5.55. The molecule has 0 spiro atoms. The second-order valence-electron chi connectivity index (χ2n) is 8.90. The van der Waals surface area contributed by atoms with E-state index in [0.29, 0.717) is 5.02 Å². The van der Waals surface area contributed by atoms with E-state index in [1.165, 1.54) is 32.4 Å². The van der Waals surface area contributed by atoms with Crippen LogP contribution in [-0.4, -0.2) is 31.3 Å². The second-order valence-corrected chi connectivity index (χ2v) is 9.31. The van der Waals surface area contributed by atoms with Gasteiger partial charge >= 0.3 is 5.97 Å². The first-order valence-electron chi connectivity index (χ1n) is 10.2. The van der Waals surface area contributed by atoms with Gasteiger partial charge in [-0.25, -0.2) is 0 Å². The van der Waals surface area contributed by atoms with Gasteiger partial charge in [0.2, 0.25) is 0 Å². The maximum atomic E-state index is 12.0. The van der Waals surface area contributed by atoms with Crippen LogP contribution < -0.4 is 10.1 Å². The SMILES string of the molecule is CC(C)(C)OC(=O)Cc1ccc(OCC[C@@H]2C[C@@H]2C2CCNCC2)cc1Cl. The summed E-state index contributed by atoms with van der Waals surface area (Å²) in [6.45, 7) is 8.67. The molecule has 0 aromatic heterocycles. The molecule has 0 radical (unpaired) electrons. The van der Waals surface area contributed by atoms with Gasteiger partial charge in [0.1, 0.15) is 11.4 Å². The first-order valence-corrected chi connectivity index (χ1v) is 10.5. The number of nitrogens with one attached hydrogen (secondary N) is 1. The Balaban J connectivity index is 1.41. The molecule has 2 aliphatic rings. The molecule has 0 bridgehead atoms. The largest absolute Gasteiger partial charge is 0.494 e. The Hall–Kier alpha value is -1.26. The Kier molecular flexibility index (Phi) is 6.69. The fourth-order valence-corrected chi connectivity index (χ4v) is 4.31. The van der Waals surface area contributed by atoms with E-state index in [2.05, 4.69) is 5.32 Å². The Labute approximate surface area is 168 Å². The zero-order valence-corrected chi connectivity index (χ0v) is 17.5. The summed E-state index contributed by atoms with van der Waals surface area (Å²) < 4.78 is 11.3. The predicted molar refractivity (Wildman–Crippen MR) is 108 cm³/mol. The number of ether oxygens (including phenoxy) is 2. The lowest BCUT2D eigenvalue weighted by Crippen LogP contribution is -2.29. The number of carbonyl (C=O) groups excluding carboxylic acids is 1. The standard InChI is InChI=1S/C22H32ClNO3/c1-22(2,3)27-21(25)13-17-4-5-18(14-20(17)23)26-11-8-16-12-19(16)15-6-9-24-10-7-15/h4-5,14-16,19,24H,6-13H2,1-3H3/t16-,19-/m1/s1. The monoisotopic (exact) mass is 393 g/mol. The summed E-state index contributed by atoms with van der Waals surface area (Å²) in [5, 5.41) is 4.00. The van der Waals surface area contributed by atoms with Gasteiger partial charge in [0, 0.05) is 5.02 Å². The van der Waals surface area contributed by atoms with E-state index in [4.69, 9.17) is 21.1 Å². The zero-order valence-electron chi connectivity index (χ0n) is 16.7. The van der Waals surface area contributed by atoms with Crippen LogP contribution in [-0.2, 0) is 16.0 Å². The number of halogens is 1. The van der Waals surface area contributed by atoms with Crippen LogP contribution in [0.25, 0.3) is 0 Å². The van der Waals surface area contributed by atoms with Crippen molar-refractivity contribution in [2.45, 2.75) is 58.5 Å². The zero-order chi connectivity index (χ0) is 19.4. The van der Waals surface area contributed by atoms with Crippen molar-refractivity contribution in [3.05, 3.63) is 28.8 Å². The molecule has 0 amide bonds. The van der Waals surface area contributed by atoms with Crippen LogP contribution in [0.3, 0.4) is 0 Å². The lowest BCUT2D eigenvalue weighted by atomic mass is 9.91. The van der Waals surface area contributed by atoms with Crippen LogP contribution in [0.5, 0.6) is 5.75 Å². The number of hydrogen-bond donors (Lipinski definition) is 1. The van der Waals surface area contributed by atoms with Gasteiger partial charge in [-0.05, 0) is 95.0 Å². The van der Waals surface area contributed by atoms with E-state index in [0.717, 1.165) is 42.1 Å². The number of rotatable bonds is 7. The Bertz CT molecular complexity index is 649. The van der Waals surface area contributed by atoms with Crippen molar-refractivity contribution in [3.63, 3.8) is 0 Å². The molecule has 27 heavy (non-hydrogen) atoms. The van der Waals surface area contributed by atoms with E-state index in [9.17, 15) is 4.79 Å². The van der Waals surface area contributed by atoms with E-state index in [1.54, 1.807) is 6.07 Å². The molecule has 2 atom stereocenters. The quantitative estimate of drug-likeness (QED) is 0.686. The van der Waals surface area contributed by atoms with Gasteiger partial charge < -0.3 is 14.8 Å². The molecule has 1 saturated heterocycles. The van der Waals surface area contributed by atoms with E-state index >= 15 is 0 Å². The van der Waals surface area contributed by atoms with Gasteiger partial charge in [-0.2, -0.15) is 0 Å². The summed E-state index contributed by atoms with van der Waals surface area (Å²) in [4.78, 5) is 12.0. The maximum absolute atomic E-state index is 12.0. The van der Waals surface area contributed by atoms with Crippen molar-refractivity contribution in [1.82, 2.24) is 5.32 Å². The van der Waals surface area contributed by atoms with E-state index in [-0.39, 0.29) is 12.4 Å². The molecule has 1 aliphatic heterocycles. The summed E-state index contributed by atoms with van der Waals surface area (Å²) in [6.07, 6.45) is 5.32. The topological polar surface area (TPSA) is 47.6 Å². The molecule has 1 aromatic rings. The van der Waals surface area contributed by atoms with Gasteiger partial charge in [-0.3, -0.25) is 4.79 Å². The molecular weight excluding hydrogens is 362 g/mol. The van der Waals surface area contributed by atoms with Gasteiger partial charge in [-0.15, -0.1) is 0 Å².